The average Bonchev–Trinajstić information content (AvgIpc) is 3.61. The van der Waals surface area contributed by atoms with Crippen molar-refractivity contribution in [2.75, 3.05) is 18.1 Å². The number of nitrogens with zero attached hydrogens (tertiary/aromatic N) is 1. The van der Waals surface area contributed by atoms with Crippen molar-refractivity contribution in [3.8, 4) is 0 Å². The number of aryl methyl sites for hydroxylation is 1. The van der Waals surface area contributed by atoms with E-state index in [0.29, 0.717) is 17.2 Å². The SMILES string of the molecule is CCCCC[C@H](C)c1ccc(N2C(=O)CC[C@@H]2CCCc2ccc(C(=O)OC[C@H](O)[C@@H](O)[C@H](O)[C@H](O)CO)s2)cc1. The van der Waals surface area contributed by atoms with Crippen LogP contribution in [-0.2, 0) is 16.0 Å². The van der Waals surface area contributed by atoms with Crippen LogP contribution in [0.15, 0.2) is 36.4 Å². The van der Waals surface area contributed by atoms with Crippen molar-refractivity contribution < 1.29 is 39.9 Å². The third kappa shape index (κ3) is 9.33. The zero-order valence-corrected chi connectivity index (χ0v) is 24.8. The first-order valence-electron chi connectivity index (χ1n) is 14.7. The second-order valence-corrected chi connectivity index (χ2v) is 12.2. The van der Waals surface area contributed by atoms with E-state index in [9.17, 15) is 30.0 Å². The molecule has 5 N–H and O–H groups in total. The van der Waals surface area contributed by atoms with Crippen molar-refractivity contribution in [2.45, 2.75) is 108 Å². The molecule has 2 heterocycles. The predicted octanol–water partition coefficient (Wildman–Crippen LogP) is 3.54. The minimum absolute atomic E-state index is 0.146. The zero-order valence-electron chi connectivity index (χ0n) is 24.0. The van der Waals surface area contributed by atoms with Gasteiger partial charge in [0.05, 0.1) is 6.61 Å². The summed E-state index contributed by atoms with van der Waals surface area (Å²) in [5, 5.41) is 47.7. The van der Waals surface area contributed by atoms with Crippen molar-refractivity contribution in [2.24, 2.45) is 0 Å². The molecule has 2 aromatic rings. The molecule has 1 aromatic carbocycles. The van der Waals surface area contributed by atoms with Gasteiger partial charge in [-0.3, -0.25) is 4.79 Å². The van der Waals surface area contributed by atoms with Crippen molar-refractivity contribution in [3.05, 3.63) is 51.7 Å². The van der Waals surface area contributed by atoms with E-state index in [0.717, 1.165) is 36.2 Å². The smallest absolute Gasteiger partial charge is 0.348 e. The van der Waals surface area contributed by atoms with E-state index in [1.54, 1.807) is 6.07 Å². The lowest BCUT2D eigenvalue weighted by Gasteiger charge is -2.25. The topological polar surface area (TPSA) is 148 Å². The van der Waals surface area contributed by atoms with Crippen LogP contribution in [0.25, 0.3) is 0 Å². The van der Waals surface area contributed by atoms with Gasteiger partial charge in [-0.05, 0) is 67.9 Å². The molecule has 1 fully saturated rings. The molecule has 10 heteroatoms. The van der Waals surface area contributed by atoms with Gasteiger partial charge in [0.15, 0.2) is 0 Å². The minimum Gasteiger partial charge on any atom is -0.459 e. The van der Waals surface area contributed by atoms with Gasteiger partial charge in [0.2, 0.25) is 5.91 Å². The monoisotopic (exact) mass is 591 g/mol. The van der Waals surface area contributed by atoms with E-state index < -0.39 is 43.6 Å². The number of ether oxygens (including phenoxy) is 1. The van der Waals surface area contributed by atoms with Gasteiger partial charge in [0.25, 0.3) is 0 Å². The highest BCUT2D eigenvalue weighted by Crippen LogP contribution is 2.32. The van der Waals surface area contributed by atoms with Crippen LogP contribution >= 0.6 is 11.3 Å². The van der Waals surface area contributed by atoms with Gasteiger partial charge in [-0.15, -0.1) is 11.3 Å². The summed E-state index contributed by atoms with van der Waals surface area (Å²) in [6.07, 6.45) is 1.88. The summed E-state index contributed by atoms with van der Waals surface area (Å²) < 4.78 is 5.06. The number of aliphatic hydroxyl groups is 5. The first-order valence-corrected chi connectivity index (χ1v) is 15.5. The van der Waals surface area contributed by atoms with E-state index in [4.69, 9.17) is 9.84 Å². The van der Waals surface area contributed by atoms with Crippen LogP contribution in [0.4, 0.5) is 5.69 Å². The van der Waals surface area contributed by atoms with Crippen LogP contribution in [0.2, 0.25) is 0 Å². The van der Waals surface area contributed by atoms with Crippen molar-refractivity contribution in [1.29, 1.82) is 0 Å². The van der Waals surface area contributed by atoms with E-state index in [-0.39, 0.29) is 11.9 Å². The number of rotatable bonds is 17. The van der Waals surface area contributed by atoms with Crippen LogP contribution in [0.5, 0.6) is 0 Å². The third-order valence-electron chi connectivity index (χ3n) is 7.84. The average molecular weight is 592 g/mol. The highest BCUT2D eigenvalue weighted by Gasteiger charge is 2.32. The van der Waals surface area contributed by atoms with Gasteiger partial charge in [-0.25, -0.2) is 4.79 Å². The molecule has 0 spiro atoms. The van der Waals surface area contributed by atoms with Crippen molar-refractivity contribution >= 4 is 28.9 Å². The molecule has 1 aliphatic heterocycles. The number of aliphatic hydroxyl groups excluding tert-OH is 5. The molecule has 228 valence electrons. The molecule has 9 nitrogen and oxygen atoms in total. The fourth-order valence-electron chi connectivity index (χ4n) is 5.23. The first-order chi connectivity index (χ1) is 19.7. The van der Waals surface area contributed by atoms with Crippen LogP contribution < -0.4 is 4.90 Å². The number of esters is 1. The standard InChI is InChI=1S/C31H45NO8S/c1-3-4-5-7-20(2)21-10-12-23(13-11-21)32-22(14-17-28(32)36)8-6-9-24-15-16-27(41-24)31(39)40-19-26(35)30(38)29(37)25(34)18-33/h10-13,15-16,20,22,25-26,29-30,33-35,37-38H,3-9,14,17-19H2,1-2H3/t20-,22-,25+,26-,29+,30+/m0/s1. The lowest BCUT2D eigenvalue weighted by molar-refractivity contribution is -0.124. The molecule has 1 saturated heterocycles. The lowest BCUT2D eigenvalue weighted by atomic mass is 9.95. The predicted molar refractivity (Wildman–Crippen MR) is 158 cm³/mol. The van der Waals surface area contributed by atoms with E-state index in [1.807, 2.05) is 11.0 Å². The number of carbonyl (C=O) groups is 2. The maximum Gasteiger partial charge on any atom is 0.348 e. The summed E-state index contributed by atoms with van der Waals surface area (Å²) >= 11 is 1.29. The Morgan fingerprint density at radius 1 is 1.02 bits per heavy atom. The molecule has 6 atom stereocenters. The summed E-state index contributed by atoms with van der Waals surface area (Å²) in [6.45, 7) is 3.11. The Balaban J connectivity index is 1.47. The Morgan fingerprint density at radius 3 is 2.41 bits per heavy atom. The number of carbonyl (C=O) groups excluding carboxylic acids is 2. The Morgan fingerprint density at radius 2 is 1.73 bits per heavy atom. The summed E-state index contributed by atoms with van der Waals surface area (Å²) in [7, 11) is 0. The lowest BCUT2D eigenvalue weighted by Crippen LogP contribution is -2.47. The number of hydrogen-bond acceptors (Lipinski definition) is 9. The molecule has 0 bridgehead atoms. The molecular weight excluding hydrogens is 546 g/mol. The molecular formula is C31H45NO8S. The Kier molecular flexibility index (Phi) is 13.2. The van der Waals surface area contributed by atoms with Gasteiger partial charge in [-0.2, -0.15) is 0 Å². The number of amides is 1. The number of unbranched alkanes of at least 4 members (excludes halogenated alkanes) is 2. The van der Waals surface area contributed by atoms with Gasteiger partial charge >= 0.3 is 5.97 Å². The summed E-state index contributed by atoms with van der Waals surface area (Å²) in [5.41, 5.74) is 2.26. The molecule has 1 aliphatic rings. The number of anilines is 1. The second kappa shape index (κ2) is 16.3. The maximum absolute atomic E-state index is 12.7. The van der Waals surface area contributed by atoms with Crippen molar-refractivity contribution in [1.82, 2.24) is 0 Å². The minimum atomic E-state index is -1.79. The van der Waals surface area contributed by atoms with Gasteiger partial charge < -0.3 is 35.2 Å². The quantitative estimate of drug-likeness (QED) is 0.139. The third-order valence-corrected chi connectivity index (χ3v) is 8.97. The van der Waals surface area contributed by atoms with Crippen LogP contribution in [0.3, 0.4) is 0 Å². The fraction of sp³-hybridized carbons (Fsp3) is 0.613. The van der Waals surface area contributed by atoms with Crippen LogP contribution in [-0.4, -0.2) is 81.1 Å². The molecule has 1 aromatic heterocycles. The van der Waals surface area contributed by atoms with Gasteiger partial charge in [0.1, 0.15) is 35.9 Å². The van der Waals surface area contributed by atoms with Gasteiger partial charge in [-0.1, -0.05) is 45.2 Å². The normalized spacial score (nSPS) is 19.1. The number of thiophene rings is 1. The highest BCUT2D eigenvalue weighted by molar-refractivity contribution is 7.13. The fourth-order valence-corrected chi connectivity index (χ4v) is 6.17. The molecule has 0 unspecified atom stereocenters. The molecule has 41 heavy (non-hydrogen) atoms. The first kappa shape index (κ1) is 33.2. The van der Waals surface area contributed by atoms with E-state index in [2.05, 4.69) is 38.1 Å². The van der Waals surface area contributed by atoms with Crippen LogP contribution in [0.1, 0.15) is 91.2 Å². The maximum atomic E-state index is 12.7. The Hall–Kier alpha value is -2.34. The number of benzene rings is 1. The van der Waals surface area contributed by atoms with Gasteiger partial charge in [0, 0.05) is 23.0 Å². The summed E-state index contributed by atoms with van der Waals surface area (Å²) in [6, 6.07) is 12.1. The Labute approximate surface area is 246 Å². The molecule has 0 aliphatic carbocycles. The summed E-state index contributed by atoms with van der Waals surface area (Å²) in [4.78, 5) is 28.4. The van der Waals surface area contributed by atoms with E-state index in [1.165, 1.54) is 42.6 Å². The molecule has 0 saturated carbocycles. The largest absolute Gasteiger partial charge is 0.459 e. The second-order valence-electron chi connectivity index (χ2n) is 11.0. The molecule has 0 radical (unpaired) electrons. The van der Waals surface area contributed by atoms with E-state index >= 15 is 0 Å². The van der Waals surface area contributed by atoms with Crippen molar-refractivity contribution in [3.63, 3.8) is 0 Å². The number of hydrogen-bond donors (Lipinski definition) is 5. The Bertz CT molecular complexity index is 1090. The van der Waals surface area contributed by atoms with Crippen LogP contribution in [0, 0.1) is 0 Å². The zero-order chi connectivity index (χ0) is 29.9. The highest BCUT2D eigenvalue weighted by atomic mass is 32.1. The molecule has 3 rings (SSSR count). The molecule has 1 amide bonds. The summed E-state index contributed by atoms with van der Waals surface area (Å²) in [5.74, 6) is -0.00456.